The van der Waals surface area contributed by atoms with E-state index in [9.17, 15) is 14.7 Å². The molecule has 0 fully saturated rings. The average molecular weight is 343 g/mol. The maximum atomic E-state index is 12.7. The quantitative estimate of drug-likeness (QED) is 0.643. The molecular weight excluding hydrogens is 318 g/mol. The molecule has 0 heterocycles. The van der Waals surface area contributed by atoms with Crippen LogP contribution < -0.4 is 0 Å². The van der Waals surface area contributed by atoms with E-state index >= 15 is 0 Å². The monoisotopic (exact) mass is 343 g/mol. The van der Waals surface area contributed by atoms with Crippen molar-refractivity contribution in [1.82, 2.24) is 0 Å². The van der Waals surface area contributed by atoms with Crippen LogP contribution in [0.25, 0.3) is 0 Å². The molecule has 0 radical (unpaired) electrons. The molecule has 0 aromatic heterocycles. The van der Waals surface area contributed by atoms with Crippen molar-refractivity contribution in [3.8, 4) is 0 Å². The molecule has 1 aromatic carbocycles. The molecule has 0 unspecified atom stereocenters. The van der Waals surface area contributed by atoms with E-state index in [1.807, 2.05) is 37.3 Å². The normalized spacial score (nSPS) is 20.6. The number of methoxy groups -OCH3 is 1. The number of ketones is 1. The van der Waals surface area contributed by atoms with Crippen LogP contribution in [0.5, 0.6) is 0 Å². The Labute approximate surface area is 148 Å². The van der Waals surface area contributed by atoms with Crippen molar-refractivity contribution >= 4 is 23.2 Å². The molecule has 1 N–H and O–H groups in total. The van der Waals surface area contributed by atoms with Crippen LogP contribution in [0.3, 0.4) is 0 Å². The number of hydrogen-bond donors (Lipinski definition) is 1. The Morgan fingerprint density at radius 3 is 2.52 bits per heavy atom. The summed E-state index contributed by atoms with van der Waals surface area (Å²) in [6.07, 6.45) is 1.46. The van der Waals surface area contributed by atoms with Gasteiger partial charge in [0.1, 0.15) is 11.7 Å². The van der Waals surface area contributed by atoms with Gasteiger partial charge in [-0.2, -0.15) is 0 Å². The molecule has 0 aliphatic heterocycles. The lowest BCUT2D eigenvalue weighted by molar-refractivity contribution is -0.150. The molecule has 0 saturated heterocycles. The first kappa shape index (κ1) is 18.9. The zero-order chi connectivity index (χ0) is 18.6. The lowest BCUT2D eigenvalue weighted by Gasteiger charge is -2.36. The van der Waals surface area contributed by atoms with Gasteiger partial charge in [-0.25, -0.2) is 0 Å². The van der Waals surface area contributed by atoms with Gasteiger partial charge in [0.25, 0.3) is 0 Å². The van der Waals surface area contributed by atoms with Crippen LogP contribution in [0.4, 0.5) is 5.69 Å². The zero-order valence-corrected chi connectivity index (χ0v) is 15.2. The molecular formula is C20H25NO4. The summed E-state index contributed by atoms with van der Waals surface area (Å²) < 4.78 is 4.85. The summed E-state index contributed by atoms with van der Waals surface area (Å²) in [4.78, 5) is 29.5. The third-order valence-electron chi connectivity index (χ3n) is 4.44. The molecule has 1 aromatic rings. The first-order valence-electron chi connectivity index (χ1n) is 8.49. The molecule has 0 saturated carbocycles. The Bertz CT molecular complexity index is 716. The third kappa shape index (κ3) is 3.98. The number of aliphatic imine (C=N–C) groups is 1. The number of esters is 1. The highest BCUT2D eigenvalue weighted by molar-refractivity contribution is 6.24. The van der Waals surface area contributed by atoms with Gasteiger partial charge < -0.3 is 9.84 Å². The Balaban J connectivity index is 2.60. The highest BCUT2D eigenvalue weighted by Crippen LogP contribution is 2.42. The maximum absolute atomic E-state index is 12.7. The first-order chi connectivity index (χ1) is 11.8. The second-order valence-electron chi connectivity index (χ2n) is 6.95. The van der Waals surface area contributed by atoms with E-state index in [1.54, 1.807) is 13.8 Å². The predicted octanol–water partition coefficient (Wildman–Crippen LogP) is 4.16. The van der Waals surface area contributed by atoms with Gasteiger partial charge in [-0.1, -0.05) is 45.4 Å². The van der Waals surface area contributed by atoms with Crippen LogP contribution in [0.2, 0.25) is 0 Å². The number of hydrogen-bond acceptors (Lipinski definition) is 5. The van der Waals surface area contributed by atoms with Crippen molar-refractivity contribution in [2.45, 2.75) is 40.0 Å². The number of para-hydroxylation sites is 1. The minimum atomic E-state index is -0.872. The summed E-state index contributed by atoms with van der Waals surface area (Å²) in [5.41, 5.74) is 0.682. The van der Waals surface area contributed by atoms with Crippen molar-refractivity contribution in [3.05, 3.63) is 41.7 Å². The molecule has 5 heteroatoms. The van der Waals surface area contributed by atoms with Gasteiger partial charge in [0.15, 0.2) is 5.78 Å². The maximum Gasteiger partial charge on any atom is 0.316 e. The van der Waals surface area contributed by atoms with Gasteiger partial charge in [0.2, 0.25) is 0 Å². The van der Waals surface area contributed by atoms with Gasteiger partial charge in [-0.05, 0) is 24.0 Å². The van der Waals surface area contributed by atoms with E-state index in [2.05, 4.69) is 4.99 Å². The Kier molecular flexibility index (Phi) is 5.77. The molecule has 5 nitrogen and oxygen atoms in total. The number of nitrogens with zero attached hydrogens (tertiary/aromatic N) is 1. The standard InChI is InChI=1S/C20H25NO4/c1-5-9-14(21-13-10-7-6-8-11-13)16-15(22)12-20(2,3)17(18(16)23)19(24)25-4/h6-8,10-11,17,23H,5,9,12H2,1-4H3/t17-/m0/s1. The topological polar surface area (TPSA) is 76.0 Å². The van der Waals surface area contributed by atoms with Crippen molar-refractivity contribution in [2.75, 3.05) is 7.11 Å². The minimum Gasteiger partial charge on any atom is -0.511 e. The van der Waals surface area contributed by atoms with E-state index in [0.717, 1.165) is 6.42 Å². The lowest BCUT2D eigenvalue weighted by Crippen LogP contribution is -2.41. The SMILES string of the molecule is CCCC(=Nc1ccccc1)C1=C(O)[C@@H](C(=O)OC)C(C)(C)CC1=O. The van der Waals surface area contributed by atoms with E-state index in [4.69, 9.17) is 4.74 Å². The fraction of sp³-hybridized carbons (Fsp3) is 0.450. The van der Waals surface area contributed by atoms with E-state index in [-0.39, 0.29) is 23.5 Å². The van der Waals surface area contributed by atoms with Crippen LogP contribution in [-0.4, -0.2) is 29.7 Å². The fourth-order valence-corrected chi connectivity index (χ4v) is 3.25. The van der Waals surface area contributed by atoms with Crippen molar-refractivity contribution in [2.24, 2.45) is 16.3 Å². The smallest absolute Gasteiger partial charge is 0.316 e. The van der Waals surface area contributed by atoms with E-state index in [1.165, 1.54) is 7.11 Å². The fourth-order valence-electron chi connectivity index (χ4n) is 3.25. The summed E-state index contributed by atoms with van der Waals surface area (Å²) in [6, 6.07) is 9.28. The van der Waals surface area contributed by atoms with Gasteiger partial charge >= 0.3 is 5.97 Å². The lowest BCUT2D eigenvalue weighted by atomic mass is 9.67. The molecule has 1 aliphatic rings. The molecule has 2 rings (SSSR count). The summed E-state index contributed by atoms with van der Waals surface area (Å²) in [5.74, 6) is -1.83. The van der Waals surface area contributed by atoms with E-state index in [0.29, 0.717) is 17.8 Å². The number of rotatable bonds is 5. The second kappa shape index (κ2) is 7.64. The zero-order valence-electron chi connectivity index (χ0n) is 15.2. The second-order valence-corrected chi connectivity index (χ2v) is 6.95. The van der Waals surface area contributed by atoms with Crippen LogP contribution in [0.1, 0.15) is 40.0 Å². The summed E-state index contributed by atoms with van der Waals surface area (Å²) in [7, 11) is 1.28. The third-order valence-corrected chi connectivity index (χ3v) is 4.44. The van der Waals surface area contributed by atoms with Gasteiger partial charge in [-0.15, -0.1) is 0 Å². The number of benzene rings is 1. The number of ether oxygens (including phenoxy) is 1. The highest BCUT2D eigenvalue weighted by Gasteiger charge is 2.47. The Morgan fingerprint density at radius 1 is 1.32 bits per heavy atom. The number of carbonyl (C=O) groups is 2. The highest BCUT2D eigenvalue weighted by atomic mass is 16.5. The summed E-state index contributed by atoms with van der Waals surface area (Å²) in [5, 5.41) is 10.8. The molecule has 0 bridgehead atoms. The van der Waals surface area contributed by atoms with Crippen LogP contribution in [0, 0.1) is 11.3 Å². The van der Waals surface area contributed by atoms with Crippen molar-refractivity contribution < 1.29 is 19.4 Å². The molecule has 25 heavy (non-hydrogen) atoms. The van der Waals surface area contributed by atoms with Gasteiger partial charge in [0.05, 0.1) is 24.1 Å². The molecule has 1 aliphatic carbocycles. The number of aliphatic hydroxyl groups is 1. The van der Waals surface area contributed by atoms with E-state index < -0.39 is 17.3 Å². The predicted molar refractivity (Wildman–Crippen MR) is 97.0 cm³/mol. The summed E-state index contributed by atoms with van der Waals surface area (Å²) in [6.45, 7) is 5.55. The van der Waals surface area contributed by atoms with Crippen LogP contribution in [0.15, 0.2) is 46.7 Å². The van der Waals surface area contributed by atoms with Crippen molar-refractivity contribution in [1.29, 1.82) is 0 Å². The van der Waals surface area contributed by atoms with Gasteiger partial charge in [0, 0.05) is 6.42 Å². The molecule has 134 valence electrons. The number of aliphatic hydroxyl groups excluding tert-OH is 1. The van der Waals surface area contributed by atoms with Gasteiger partial charge in [-0.3, -0.25) is 14.6 Å². The summed E-state index contributed by atoms with van der Waals surface area (Å²) >= 11 is 0. The Hall–Kier alpha value is -2.43. The largest absolute Gasteiger partial charge is 0.511 e. The average Bonchev–Trinajstić information content (AvgIpc) is 2.54. The van der Waals surface area contributed by atoms with Crippen LogP contribution in [-0.2, 0) is 14.3 Å². The van der Waals surface area contributed by atoms with Crippen molar-refractivity contribution in [3.63, 3.8) is 0 Å². The number of carbonyl (C=O) groups excluding carboxylic acids is 2. The minimum absolute atomic E-state index is 0.156. The molecule has 1 atom stereocenters. The first-order valence-corrected chi connectivity index (χ1v) is 8.49. The molecule has 0 spiro atoms. The number of allylic oxidation sites excluding steroid dienone is 1. The number of Topliss-reactive ketones (excluding diaryl/α,β-unsaturated/α-hetero) is 1. The Morgan fingerprint density at radius 2 is 1.96 bits per heavy atom. The van der Waals surface area contributed by atoms with Crippen LogP contribution >= 0.6 is 0 Å². The molecule has 0 amide bonds.